The molecule has 7 heteroatoms. The van der Waals surface area contributed by atoms with E-state index in [4.69, 9.17) is 0 Å². The van der Waals surface area contributed by atoms with Crippen LogP contribution in [-0.4, -0.2) is 40.2 Å². The second-order valence-corrected chi connectivity index (χ2v) is 6.18. The van der Waals surface area contributed by atoms with Crippen LogP contribution in [0, 0.1) is 6.92 Å². The molecule has 1 aliphatic rings. The van der Waals surface area contributed by atoms with Gasteiger partial charge in [-0.25, -0.2) is 9.78 Å². The van der Waals surface area contributed by atoms with Crippen LogP contribution >= 0.6 is 23.1 Å². The third-order valence-corrected chi connectivity index (χ3v) is 4.52. The fraction of sp³-hybridized carbons (Fsp3) is 0.500. The van der Waals surface area contributed by atoms with Crippen molar-refractivity contribution in [1.29, 1.82) is 0 Å². The quantitative estimate of drug-likeness (QED) is 0.846. The molecule has 0 spiro atoms. The highest BCUT2D eigenvalue weighted by molar-refractivity contribution is 8.02. The van der Waals surface area contributed by atoms with Crippen LogP contribution in [0.5, 0.6) is 0 Å². The maximum absolute atomic E-state index is 12.0. The monoisotopic (exact) mass is 271 g/mol. The summed E-state index contributed by atoms with van der Waals surface area (Å²) in [6, 6.07) is -0.294. The van der Waals surface area contributed by atoms with Gasteiger partial charge in [0.05, 0.1) is 5.25 Å². The number of thioether (sulfide) groups is 1. The first-order chi connectivity index (χ1) is 8.08. The van der Waals surface area contributed by atoms with Gasteiger partial charge < -0.3 is 5.32 Å². The molecular formula is C10H13N3O2S2. The minimum absolute atomic E-state index is 0.155. The highest BCUT2D eigenvalue weighted by Crippen LogP contribution is 2.27. The molecule has 0 radical (unpaired) electrons. The smallest absolute Gasteiger partial charge is 0.324 e. The summed E-state index contributed by atoms with van der Waals surface area (Å²) in [5.41, 5.74) is 0.955. The van der Waals surface area contributed by atoms with Crippen molar-refractivity contribution in [2.45, 2.75) is 23.4 Å². The van der Waals surface area contributed by atoms with Crippen molar-refractivity contribution in [2.75, 3.05) is 13.1 Å². The van der Waals surface area contributed by atoms with Gasteiger partial charge in [-0.15, -0.1) is 11.3 Å². The molecule has 92 valence electrons. The van der Waals surface area contributed by atoms with Gasteiger partial charge in [-0.2, -0.15) is 0 Å². The number of hydrogen-bond donors (Lipinski definition) is 1. The van der Waals surface area contributed by atoms with Crippen LogP contribution in [0.15, 0.2) is 9.72 Å². The summed E-state index contributed by atoms with van der Waals surface area (Å²) in [5, 5.41) is 4.28. The van der Waals surface area contributed by atoms with E-state index in [0.717, 1.165) is 10.0 Å². The van der Waals surface area contributed by atoms with Crippen molar-refractivity contribution < 1.29 is 9.59 Å². The Morgan fingerprint density at radius 3 is 3.00 bits per heavy atom. The first kappa shape index (κ1) is 12.4. The summed E-state index contributed by atoms with van der Waals surface area (Å²) in [4.78, 5) is 28.9. The molecule has 0 bridgehead atoms. The summed E-state index contributed by atoms with van der Waals surface area (Å²) in [6.45, 7) is 4.72. The van der Waals surface area contributed by atoms with E-state index in [9.17, 15) is 9.59 Å². The highest BCUT2D eigenvalue weighted by atomic mass is 32.2. The van der Waals surface area contributed by atoms with Gasteiger partial charge in [0.2, 0.25) is 5.91 Å². The van der Waals surface area contributed by atoms with Crippen molar-refractivity contribution in [3.8, 4) is 0 Å². The van der Waals surface area contributed by atoms with E-state index in [-0.39, 0.29) is 17.2 Å². The number of nitrogens with zero attached hydrogens (tertiary/aromatic N) is 2. The number of urea groups is 1. The Hall–Kier alpha value is -1.08. The SMILES string of the molecule is Cc1csc(SC(C)C(=O)N2CCNC2=O)n1. The van der Waals surface area contributed by atoms with E-state index in [1.54, 1.807) is 6.92 Å². The van der Waals surface area contributed by atoms with Gasteiger partial charge in [0.25, 0.3) is 0 Å². The fourth-order valence-electron chi connectivity index (χ4n) is 1.49. The molecule has 0 aromatic carbocycles. The molecule has 0 aliphatic carbocycles. The molecule has 5 nitrogen and oxygen atoms in total. The molecule has 0 saturated carbocycles. The van der Waals surface area contributed by atoms with E-state index in [0.29, 0.717) is 13.1 Å². The molecule has 1 N–H and O–H groups in total. The molecular weight excluding hydrogens is 258 g/mol. The number of aromatic nitrogens is 1. The lowest BCUT2D eigenvalue weighted by atomic mass is 10.4. The molecule has 1 unspecified atom stereocenters. The maximum Gasteiger partial charge on any atom is 0.324 e. The summed E-state index contributed by atoms with van der Waals surface area (Å²) in [6.07, 6.45) is 0. The Morgan fingerprint density at radius 2 is 2.47 bits per heavy atom. The van der Waals surface area contributed by atoms with Crippen LogP contribution in [0.25, 0.3) is 0 Å². The second kappa shape index (κ2) is 5.05. The summed E-state index contributed by atoms with van der Waals surface area (Å²) < 4.78 is 0.864. The van der Waals surface area contributed by atoms with Gasteiger partial charge in [0.1, 0.15) is 0 Å². The van der Waals surface area contributed by atoms with Crippen molar-refractivity contribution in [1.82, 2.24) is 15.2 Å². The average molecular weight is 271 g/mol. The third kappa shape index (κ3) is 2.78. The zero-order valence-electron chi connectivity index (χ0n) is 9.60. The fourth-order valence-corrected chi connectivity index (χ4v) is 3.54. The molecule has 3 amide bonds. The molecule has 1 aromatic heterocycles. The van der Waals surface area contributed by atoms with Gasteiger partial charge in [0.15, 0.2) is 4.34 Å². The van der Waals surface area contributed by atoms with Crippen molar-refractivity contribution in [3.63, 3.8) is 0 Å². The second-order valence-electron chi connectivity index (χ2n) is 3.74. The number of imide groups is 1. The number of thiazole rings is 1. The van der Waals surface area contributed by atoms with E-state index in [2.05, 4.69) is 10.3 Å². The van der Waals surface area contributed by atoms with Gasteiger partial charge in [0, 0.05) is 24.2 Å². The van der Waals surface area contributed by atoms with Gasteiger partial charge >= 0.3 is 6.03 Å². The number of carbonyl (C=O) groups excluding carboxylic acids is 2. The predicted molar refractivity (Wildman–Crippen MR) is 67.3 cm³/mol. The molecule has 1 aromatic rings. The molecule has 1 aliphatic heterocycles. The van der Waals surface area contributed by atoms with Gasteiger partial charge in [-0.3, -0.25) is 9.69 Å². The maximum atomic E-state index is 12.0. The van der Waals surface area contributed by atoms with Crippen LogP contribution in [0.3, 0.4) is 0 Å². The normalized spacial score (nSPS) is 17.1. The van der Waals surface area contributed by atoms with Crippen LogP contribution in [0.1, 0.15) is 12.6 Å². The van der Waals surface area contributed by atoms with E-state index >= 15 is 0 Å². The lowest BCUT2D eigenvalue weighted by Gasteiger charge is -2.16. The number of amides is 3. The zero-order chi connectivity index (χ0) is 12.4. The Balaban J connectivity index is 1.97. The number of carbonyl (C=O) groups is 2. The van der Waals surface area contributed by atoms with E-state index in [1.807, 2.05) is 12.3 Å². The lowest BCUT2D eigenvalue weighted by molar-refractivity contribution is -0.126. The number of aryl methyl sites for hydroxylation is 1. The number of hydrogen-bond acceptors (Lipinski definition) is 5. The first-order valence-electron chi connectivity index (χ1n) is 5.26. The Labute approximate surface area is 108 Å². The summed E-state index contributed by atoms with van der Waals surface area (Å²) in [7, 11) is 0. The predicted octanol–water partition coefficient (Wildman–Crippen LogP) is 1.48. The molecule has 1 atom stereocenters. The zero-order valence-corrected chi connectivity index (χ0v) is 11.2. The summed E-state index contributed by atoms with van der Waals surface area (Å²) >= 11 is 2.92. The molecule has 2 rings (SSSR count). The molecule has 1 saturated heterocycles. The van der Waals surface area contributed by atoms with E-state index < -0.39 is 0 Å². The Morgan fingerprint density at radius 1 is 1.71 bits per heavy atom. The van der Waals surface area contributed by atoms with Gasteiger partial charge in [-0.05, 0) is 13.8 Å². The largest absolute Gasteiger partial charge is 0.336 e. The average Bonchev–Trinajstić information content (AvgIpc) is 2.86. The van der Waals surface area contributed by atoms with Gasteiger partial charge in [-0.1, -0.05) is 11.8 Å². The number of rotatable bonds is 3. The first-order valence-corrected chi connectivity index (χ1v) is 7.02. The minimum atomic E-state index is -0.294. The highest BCUT2D eigenvalue weighted by Gasteiger charge is 2.30. The third-order valence-electron chi connectivity index (χ3n) is 2.35. The lowest BCUT2D eigenvalue weighted by Crippen LogP contribution is -2.38. The topological polar surface area (TPSA) is 62.3 Å². The van der Waals surface area contributed by atoms with Crippen molar-refractivity contribution in [2.24, 2.45) is 0 Å². The Bertz CT molecular complexity index is 447. The van der Waals surface area contributed by atoms with Crippen molar-refractivity contribution in [3.05, 3.63) is 11.1 Å². The van der Waals surface area contributed by atoms with Crippen LogP contribution in [0.4, 0.5) is 4.79 Å². The molecule has 17 heavy (non-hydrogen) atoms. The minimum Gasteiger partial charge on any atom is -0.336 e. The standard InChI is InChI=1S/C10H13N3O2S2/c1-6-5-16-10(12-6)17-7(2)8(14)13-4-3-11-9(13)15/h5,7H,3-4H2,1-2H3,(H,11,15). The molecule has 2 heterocycles. The summed E-state index contributed by atoms with van der Waals surface area (Å²) in [5.74, 6) is -0.155. The van der Waals surface area contributed by atoms with Crippen LogP contribution in [0.2, 0.25) is 0 Å². The molecule has 1 fully saturated rings. The van der Waals surface area contributed by atoms with Crippen LogP contribution in [-0.2, 0) is 4.79 Å². The number of nitrogens with one attached hydrogen (secondary N) is 1. The Kier molecular flexibility index (Phi) is 3.68. The van der Waals surface area contributed by atoms with E-state index in [1.165, 1.54) is 28.0 Å². The van der Waals surface area contributed by atoms with Crippen molar-refractivity contribution >= 4 is 35.0 Å². The van der Waals surface area contributed by atoms with Crippen LogP contribution < -0.4 is 5.32 Å².